The van der Waals surface area contributed by atoms with Gasteiger partial charge in [-0.15, -0.1) is 0 Å². The number of fused-ring (bicyclic) bond motifs is 3. The molecule has 0 radical (unpaired) electrons. The lowest BCUT2D eigenvalue weighted by molar-refractivity contribution is -0.159. The smallest absolute Gasteiger partial charge is 0.228 e. The van der Waals surface area contributed by atoms with Gasteiger partial charge in [0.25, 0.3) is 0 Å². The molecule has 1 amide bonds. The van der Waals surface area contributed by atoms with Crippen LogP contribution in [0.15, 0.2) is 48.5 Å². The highest BCUT2D eigenvalue weighted by Crippen LogP contribution is 2.60. The average molecular weight is 413 g/mol. The predicted molar refractivity (Wildman–Crippen MR) is 122 cm³/mol. The summed E-state index contributed by atoms with van der Waals surface area (Å²) >= 11 is 0. The molecule has 2 aromatic carbocycles. The van der Waals surface area contributed by atoms with Crippen LogP contribution in [0.5, 0.6) is 0 Å². The molecule has 31 heavy (non-hydrogen) atoms. The third kappa shape index (κ3) is 2.72. The second-order valence-corrected chi connectivity index (χ2v) is 11.1. The Balaban J connectivity index is 1.11. The maximum atomic E-state index is 13.8. The van der Waals surface area contributed by atoms with Crippen molar-refractivity contribution in [2.45, 2.75) is 44.6 Å². The topological polar surface area (TPSA) is 23.6 Å². The van der Waals surface area contributed by atoms with Crippen LogP contribution in [0.1, 0.15) is 55.7 Å². The summed E-state index contributed by atoms with van der Waals surface area (Å²) in [6.45, 7) is 3.74. The van der Waals surface area contributed by atoms with E-state index in [0.29, 0.717) is 11.9 Å². The van der Waals surface area contributed by atoms with Crippen LogP contribution >= 0.6 is 0 Å². The number of hydrogen-bond acceptors (Lipinski definition) is 2. The minimum Gasteiger partial charge on any atom is -0.340 e. The summed E-state index contributed by atoms with van der Waals surface area (Å²) in [6.07, 6.45) is 7.76. The van der Waals surface area contributed by atoms with Gasteiger partial charge >= 0.3 is 0 Å². The van der Waals surface area contributed by atoms with E-state index in [0.717, 1.165) is 43.9 Å². The summed E-state index contributed by atoms with van der Waals surface area (Å²) in [4.78, 5) is 18.6. The largest absolute Gasteiger partial charge is 0.340 e. The Morgan fingerprint density at radius 3 is 1.71 bits per heavy atom. The highest BCUT2D eigenvalue weighted by Gasteiger charge is 2.55. The minimum absolute atomic E-state index is 0.00345. The Morgan fingerprint density at radius 1 is 0.710 bits per heavy atom. The molecule has 3 heteroatoms. The van der Waals surface area contributed by atoms with Gasteiger partial charge in [0.05, 0.1) is 11.5 Å². The van der Waals surface area contributed by atoms with Crippen molar-refractivity contribution in [3.05, 3.63) is 59.7 Å². The molecule has 4 saturated carbocycles. The summed E-state index contributed by atoms with van der Waals surface area (Å²) in [5, 5.41) is 0. The monoisotopic (exact) mass is 412 g/mol. The number of benzene rings is 2. The van der Waals surface area contributed by atoms with Crippen molar-refractivity contribution in [3.8, 4) is 11.1 Å². The molecule has 1 saturated heterocycles. The lowest BCUT2D eigenvalue weighted by Crippen LogP contribution is -2.58. The molecule has 0 unspecified atom stereocenters. The molecule has 4 bridgehead atoms. The molecule has 160 valence electrons. The maximum Gasteiger partial charge on any atom is 0.228 e. The third-order valence-electron chi connectivity index (χ3n) is 9.26. The first-order chi connectivity index (χ1) is 15.2. The first kappa shape index (κ1) is 18.4. The van der Waals surface area contributed by atoms with Crippen LogP contribution in [0.25, 0.3) is 11.1 Å². The summed E-state index contributed by atoms with van der Waals surface area (Å²) in [5.74, 6) is 3.02. The Hall–Kier alpha value is -2.13. The van der Waals surface area contributed by atoms with Crippen molar-refractivity contribution in [2.75, 3.05) is 26.2 Å². The average Bonchev–Trinajstić information content (AvgIpc) is 3.12. The van der Waals surface area contributed by atoms with E-state index in [4.69, 9.17) is 0 Å². The number of rotatable bonds is 2. The molecule has 8 rings (SSSR count). The fraction of sp³-hybridized carbons (Fsp3) is 0.536. The van der Waals surface area contributed by atoms with Gasteiger partial charge in [0.15, 0.2) is 0 Å². The van der Waals surface area contributed by atoms with Crippen LogP contribution in [0.3, 0.4) is 0 Å². The standard InChI is InChI=1S/C28H32N2O/c31-27(28-16-19-13-20(17-28)15-21(14-19)18-28)30-11-9-29(10-12-30)26-24-7-3-1-5-22(24)23-6-2-4-8-25(23)26/h1-8,19-21,26H,9-18H2. The third-order valence-corrected chi connectivity index (χ3v) is 9.26. The fourth-order valence-corrected chi connectivity index (χ4v) is 8.41. The Kier molecular flexibility index (Phi) is 3.98. The highest BCUT2D eigenvalue weighted by molar-refractivity contribution is 5.83. The number of piperazine rings is 1. The molecule has 0 spiro atoms. The first-order valence-electron chi connectivity index (χ1n) is 12.4. The Labute approximate surface area is 185 Å². The number of carbonyl (C=O) groups is 1. The van der Waals surface area contributed by atoms with Gasteiger partial charge in [-0.25, -0.2) is 0 Å². The number of nitrogens with zero attached hydrogens (tertiary/aromatic N) is 2. The van der Waals surface area contributed by atoms with Crippen LogP contribution in [0.4, 0.5) is 0 Å². The molecule has 0 aromatic heterocycles. The molecule has 0 N–H and O–H groups in total. The lowest BCUT2D eigenvalue weighted by atomic mass is 9.49. The van der Waals surface area contributed by atoms with Gasteiger partial charge in [0, 0.05) is 26.2 Å². The van der Waals surface area contributed by atoms with Gasteiger partial charge < -0.3 is 4.90 Å². The van der Waals surface area contributed by atoms with Gasteiger partial charge in [-0.05, 0) is 78.5 Å². The van der Waals surface area contributed by atoms with E-state index in [2.05, 4.69) is 58.3 Å². The van der Waals surface area contributed by atoms with E-state index < -0.39 is 0 Å². The fourth-order valence-electron chi connectivity index (χ4n) is 8.41. The first-order valence-corrected chi connectivity index (χ1v) is 12.4. The quantitative estimate of drug-likeness (QED) is 0.684. The number of hydrogen-bond donors (Lipinski definition) is 0. The van der Waals surface area contributed by atoms with E-state index >= 15 is 0 Å². The van der Waals surface area contributed by atoms with Crippen LogP contribution in [-0.2, 0) is 4.79 Å². The minimum atomic E-state index is 0.00345. The molecule has 6 aliphatic rings. The number of amides is 1. The molecule has 5 aliphatic carbocycles. The molecule has 5 fully saturated rings. The van der Waals surface area contributed by atoms with Crippen molar-refractivity contribution in [1.29, 1.82) is 0 Å². The maximum absolute atomic E-state index is 13.8. The van der Waals surface area contributed by atoms with Crippen LogP contribution in [0, 0.1) is 23.2 Å². The Bertz CT molecular complexity index is 954. The van der Waals surface area contributed by atoms with Crippen molar-refractivity contribution < 1.29 is 4.79 Å². The van der Waals surface area contributed by atoms with E-state index in [1.54, 1.807) is 0 Å². The lowest BCUT2D eigenvalue weighted by Gasteiger charge is -2.57. The van der Waals surface area contributed by atoms with Crippen LogP contribution in [-0.4, -0.2) is 41.9 Å². The zero-order valence-electron chi connectivity index (χ0n) is 18.3. The summed E-state index contributed by atoms with van der Waals surface area (Å²) in [7, 11) is 0. The summed E-state index contributed by atoms with van der Waals surface area (Å²) < 4.78 is 0. The molecule has 1 aliphatic heterocycles. The zero-order valence-corrected chi connectivity index (χ0v) is 18.3. The van der Waals surface area contributed by atoms with Gasteiger partial charge in [-0.3, -0.25) is 9.69 Å². The van der Waals surface area contributed by atoms with Crippen LogP contribution in [0.2, 0.25) is 0 Å². The Morgan fingerprint density at radius 2 is 1.19 bits per heavy atom. The zero-order chi connectivity index (χ0) is 20.6. The summed E-state index contributed by atoms with van der Waals surface area (Å²) in [6, 6.07) is 18.1. The molecule has 1 heterocycles. The van der Waals surface area contributed by atoms with E-state index in [9.17, 15) is 4.79 Å². The van der Waals surface area contributed by atoms with E-state index in [1.165, 1.54) is 60.8 Å². The van der Waals surface area contributed by atoms with E-state index in [1.807, 2.05) is 0 Å². The summed E-state index contributed by atoms with van der Waals surface area (Å²) in [5.41, 5.74) is 5.64. The number of carbonyl (C=O) groups excluding carboxylic acids is 1. The molecule has 2 aromatic rings. The van der Waals surface area contributed by atoms with Gasteiger partial charge in [0.2, 0.25) is 5.91 Å². The van der Waals surface area contributed by atoms with Gasteiger partial charge in [0.1, 0.15) is 0 Å². The molecular formula is C28H32N2O. The second kappa shape index (κ2) is 6.68. The van der Waals surface area contributed by atoms with Gasteiger partial charge in [-0.1, -0.05) is 48.5 Å². The van der Waals surface area contributed by atoms with Crippen LogP contribution < -0.4 is 0 Å². The molecule has 0 atom stereocenters. The normalized spacial score (nSPS) is 34.1. The second-order valence-electron chi connectivity index (χ2n) is 11.1. The van der Waals surface area contributed by atoms with E-state index in [-0.39, 0.29) is 5.41 Å². The highest BCUT2D eigenvalue weighted by atomic mass is 16.2. The van der Waals surface area contributed by atoms with Crippen molar-refractivity contribution in [2.24, 2.45) is 23.2 Å². The SMILES string of the molecule is O=C(N1CCN(C2c3ccccc3-c3ccccc32)CC1)C12CC3CC(CC(C3)C1)C2. The van der Waals surface area contributed by atoms with Gasteiger partial charge in [-0.2, -0.15) is 0 Å². The van der Waals surface area contributed by atoms with Crippen molar-refractivity contribution >= 4 is 5.91 Å². The molecule has 3 nitrogen and oxygen atoms in total. The van der Waals surface area contributed by atoms with Crippen molar-refractivity contribution in [1.82, 2.24) is 9.80 Å². The van der Waals surface area contributed by atoms with Crippen molar-refractivity contribution in [3.63, 3.8) is 0 Å². The molecular weight excluding hydrogens is 380 g/mol. The predicted octanol–water partition coefficient (Wildman–Crippen LogP) is 5.12.